The van der Waals surface area contributed by atoms with Crippen LogP contribution in [0.15, 0.2) is 30.3 Å². The van der Waals surface area contributed by atoms with Crippen LogP contribution in [0, 0.1) is 6.10 Å². The molecule has 0 N–H and O–H groups in total. The second-order valence-corrected chi connectivity index (χ2v) is 5.78. The molecule has 0 saturated heterocycles. The fraction of sp³-hybridized carbons (Fsp3) is 0.300. The van der Waals surface area contributed by atoms with E-state index in [4.69, 9.17) is 18.9 Å². The second-order valence-electron chi connectivity index (χ2n) is 5.78. The van der Waals surface area contributed by atoms with Crippen molar-refractivity contribution in [1.82, 2.24) is 0 Å². The Morgan fingerprint density at radius 3 is 2.52 bits per heavy atom. The summed E-state index contributed by atoms with van der Waals surface area (Å²) in [6.07, 6.45) is 1.65. The van der Waals surface area contributed by atoms with Gasteiger partial charge in [0.2, 0.25) is 5.75 Å². The van der Waals surface area contributed by atoms with Crippen molar-refractivity contribution >= 4 is 5.97 Å². The Kier molecular flexibility index (Phi) is 4.83. The van der Waals surface area contributed by atoms with Crippen molar-refractivity contribution in [3.63, 3.8) is 0 Å². The predicted molar refractivity (Wildman–Crippen MR) is 93.9 cm³/mol. The third kappa shape index (κ3) is 3.14. The molecule has 25 heavy (non-hydrogen) atoms. The number of benzene rings is 2. The fourth-order valence-electron chi connectivity index (χ4n) is 2.77. The zero-order chi connectivity index (χ0) is 18.0. The van der Waals surface area contributed by atoms with E-state index < -0.39 is 0 Å². The van der Waals surface area contributed by atoms with Gasteiger partial charge in [0.05, 0.1) is 19.8 Å². The minimum absolute atomic E-state index is 0.277. The predicted octanol–water partition coefficient (Wildman–Crippen LogP) is 4.38. The molecule has 0 atom stereocenters. The van der Waals surface area contributed by atoms with Crippen LogP contribution in [0.1, 0.15) is 36.2 Å². The molecule has 1 heterocycles. The minimum Gasteiger partial charge on any atom is -0.493 e. The maximum absolute atomic E-state index is 11.7. The van der Waals surface area contributed by atoms with Gasteiger partial charge >= 0.3 is 5.97 Å². The highest BCUT2D eigenvalue weighted by molar-refractivity contribution is 5.94. The molecule has 3 rings (SSSR count). The van der Waals surface area contributed by atoms with Gasteiger partial charge in [0.25, 0.3) is 0 Å². The standard InChI is InChI=1S/C20H21O5/c1-5-12(2)25-18-15(8-9-17(22-3)19(18)23-4)13-6-7-16-14(10-13)11-24-20(16)21/h6-10H,5,11H2,1-4H3. The lowest BCUT2D eigenvalue weighted by Gasteiger charge is -2.20. The molecular formula is C20H21O5. The summed E-state index contributed by atoms with van der Waals surface area (Å²) in [6.45, 7) is 4.25. The monoisotopic (exact) mass is 341 g/mol. The molecule has 0 aliphatic carbocycles. The summed E-state index contributed by atoms with van der Waals surface area (Å²) in [5.74, 6) is 1.47. The number of rotatable bonds is 6. The molecule has 0 spiro atoms. The Hall–Kier alpha value is -2.69. The van der Waals surface area contributed by atoms with Crippen LogP contribution in [0.5, 0.6) is 17.2 Å². The van der Waals surface area contributed by atoms with E-state index in [1.165, 1.54) is 0 Å². The average Bonchev–Trinajstić information content (AvgIpc) is 3.01. The van der Waals surface area contributed by atoms with Crippen LogP contribution in [0.2, 0.25) is 0 Å². The minimum atomic E-state index is -0.277. The van der Waals surface area contributed by atoms with Gasteiger partial charge in [0.1, 0.15) is 12.7 Å². The Morgan fingerprint density at radius 2 is 1.84 bits per heavy atom. The van der Waals surface area contributed by atoms with Gasteiger partial charge in [-0.25, -0.2) is 4.79 Å². The van der Waals surface area contributed by atoms with Crippen LogP contribution in [-0.2, 0) is 11.3 Å². The average molecular weight is 341 g/mol. The molecule has 2 aromatic carbocycles. The van der Waals surface area contributed by atoms with Gasteiger partial charge in [-0.15, -0.1) is 0 Å². The number of esters is 1. The van der Waals surface area contributed by atoms with Crippen molar-refractivity contribution in [3.8, 4) is 28.4 Å². The summed E-state index contributed by atoms with van der Waals surface area (Å²) in [5.41, 5.74) is 3.28. The van der Waals surface area contributed by atoms with Crippen molar-refractivity contribution in [2.24, 2.45) is 0 Å². The second kappa shape index (κ2) is 7.05. The Bertz CT molecular complexity index is 797. The molecule has 0 amide bonds. The number of cyclic esters (lactones) is 1. The lowest BCUT2D eigenvalue weighted by Crippen LogP contribution is -2.04. The number of ether oxygens (including phenoxy) is 4. The molecule has 1 aliphatic rings. The van der Waals surface area contributed by atoms with Gasteiger partial charge in [-0.05, 0) is 43.2 Å². The number of fused-ring (bicyclic) bond motifs is 1. The van der Waals surface area contributed by atoms with Gasteiger partial charge in [-0.1, -0.05) is 13.0 Å². The summed E-state index contributed by atoms with van der Waals surface area (Å²) in [4.78, 5) is 11.7. The Morgan fingerprint density at radius 1 is 1.08 bits per heavy atom. The van der Waals surface area contributed by atoms with Crippen molar-refractivity contribution < 1.29 is 23.7 Å². The molecule has 5 heteroatoms. The number of carbonyl (C=O) groups is 1. The molecule has 1 aliphatic heterocycles. The van der Waals surface area contributed by atoms with Crippen LogP contribution < -0.4 is 14.2 Å². The molecule has 0 bridgehead atoms. The first kappa shape index (κ1) is 17.1. The third-order valence-electron chi connectivity index (χ3n) is 4.27. The van der Waals surface area contributed by atoms with Gasteiger partial charge in [-0.2, -0.15) is 0 Å². The smallest absolute Gasteiger partial charge is 0.338 e. The first-order valence-corrected chi connectivity index (χ1v) is 8.14. The summed E-state index contributed by atoms with van der Waals surface area (Å²) >= 11 is 0. The van der Waals surface area contributed by atoms with Crippen LogP contribution in [0.25, 0.3) is 11.1 Å². The number of carbonyl (C=O) groups excluding carboxylic acids is 1. The van der Waals surface area contributed by atoms with E-state index in [2.05, 4.69) is 0 Å². The molecule has 0 unspecified atom stereocenters. The van der Waals surface area contributed by atoms with Crippen molar-refractivity contribution in [3.05, 3.63) is 47.6 Å². The van der Waals surface area contributed by atoms with E-state index in [1.807, 2.05) is 38.1 Å². The molecule has 2 aromatic rings. The normalized spacial score (nSPS) is 12.8. The molecule has 0 fully saturated rings. The highest BCUT2D eigenvalue weighted by Gasteiger charge is 2.24. The number of hydrogen-bond acceptors (Lipinski definition) is 5. The van der Waals surface area contributed by atoms with Crippen LogP contribution in [0.3, 0.4) is 0 Å². The van der Waals surface area contributed by atoms with E-state index >= 15 is 0 Å². The highest BCUT2D eigenvalue weighted by Crippen LogP contribution is 2.46. The molecular weight excluding hydrogens is 320 g/mol. The van der Waals surface area contributed by atoms with Crippen LogP contribution >= 0.6 is 0 Å². The first-order valence-electron chi connectivity index (χ1n) is 8.14. The summed E-state index contributed by atoms with van der Waals surface area (Å²) < 4.78 is 22.1. The van der Waals surface area contributed by atoms with Gasteiger partial charge in [-0.3, -0.25) is 0 Å². The molecule has 0 saturated carbocycles. The third-order valence-corrected chi connectivity index (χ3v) is 4.27. The van der Waals surface area contributed by atoms with Gasteiger partial charge < -0.3 is 18.9 Å². The Balaban J connectivity index is 2.13. The van der Waals surface area contributed by atoms with Crippen molar-refractivity contribution in [2.45, 2.75) is 26.9 Å². The van der Waals surface area contributed by atoms with E-state index in [1.54, 1.807) is 20.3 Å². The lowest BCUT2D eigenvalue weighted by atomic mass is 9.99. The fourth-order valence-corrected chi connectivity index (χ4v) is 2.77. The highest BCUT2D eigenvalue weighted by atomic mass is 16.5. The summed E-state index contributed by atoms with van der Waals surface area (Å²) in [5, 5.41) is 0. The van der Waals surface area contributed by atoms with E-state index in [0.29, 0.717) is 29.4 Å². The van der Waals surface area contributed by atoms with Crippen LogP contribution in [0.4, 0.5) is 0 Å². The molecule has 5 nitrogen and oxygen atoms in total. The van der Waals surface area contributed by atoms with E-state index in [-0.39, 0.29) is 5.97 Å². The van der Waals surface area contributed by atoms with Crippen LogP contribution in [-0.4, -0.2) is 20.2 Å². The van der Waals surface area contributed by atoms with Crippen molar-refractivity contribution in [2.75, 3.05) is 14.2 Å². The molecule has 0 aromatic heterocycles. The zero-order valence-electron chi connectivity index (χ0n) is 14.8. The maximum atomic E-state index is 11.7. The van der Waals surface area contributed by atoms with Gasteiger partial charge in [0.15, 0.2) is 11.5 Å². The SMILES string of the molecule is CC[C](C)Oc1c(-c2ccc3c(c2)COC3=O)ccc(OC)c1OC. The summed E-state index contributed by atoms with van der Waals surface area (Å²) in [7, 11) is 3.18. The maximum Gasteiger partial charge on any atom is 0.338 e. The van der Waals surface area contributed by atoms with E-state index in [9.17, 15) is 4.79 Å². The largest absolute Gasteiger partial charge is 0.493 e. The molecule has 131 valence electrons. The zero-order valence-corrected chi connectivity index (χ0v) is 14.8. The number of hydrogen-bond donors (Lipinski definition) is 0. The lowest BCUT2D eigenvalue weighted by molar-refractivity contribution is 0.0535. The molecule has 1 radical (unpaired) electrons. The number of methoxy groups -OCH3 is 2. The topological polar surface area (TPSA) is 54.0 Å². The van der Waals surface area contributed by atoms with Gasteiger partial charge in [0, 0.05) is 11.1 Å². The van der Waals surface area contributed by atoms with Crippen molar-refractivity contribution in [1.29, 1.82) is 0 Å². The Labute approximate surface area is 147 Å². The first-order chi connectivity index (χ1) is 12.1. The quantitative estimate of drug-likeness (QED) is 0.730. The summed E-state index contributed by atoms with van der Waals surface area (Å²) in [6, 6.07) is 9.41. The van der Waals surface area contributed by atoms with E-state index in [0.717, 1.165) is 29.2 Å².